The third-order valence-corrected chi connectivity index (χ3v) is 6.48. The molecule has 42 heavy (non-hydrogen) atoms. The lowest BCUT2D eigenvalue weighted by molar-refractivity contribution is -0.152. The molecule has 1 aliphatic rings. The summed E-state index contributed by atoms with van der Waals surface area (Å²) >= 11 is 0. The van der Waals surface area contributed by atoms with Gasteiger partial charge in [-0.3, -0.25) is 9.59 Å². The Morgan fingerprint density at radius 2 is 1.55 bits per heavy atom. The first-order valence-corrected chi connectivity index (χ1v) is 13.6. The van der Waals surface area contributed by atoms with E-state index in [1.54, 1.807) is 70.2 Å². The Morgan fingerprint density at radius 3 is 2.12 bits per heavy atom. The van der Waals surface area contributed by atoms with Crippen LogP contribution in [0.15, 0.2) is 60.7 Å². The molecule has 1 saturated heterocycles. The van der Waals surface area contributed by atoms with Gasteiger partial charge in [0.2, 0.25) is 5.91 Å². The number of ether oxygens (including phenoxy) is 3. The highest BCUT2D eigenvalue weighted by molar-refractivity contribution is 5.95. The van der Waals surface area contributed by atoms with E-state index in [4.69, 9.17) is 14.2 Å². The first-order valence-electron chi connectivity index (χ1n) is 13.6. The first kappa shape index (κ1) is 31.9. The summed E-state index contributed by atoms with van der Waals surface area (Å²) in [6.45, 7) is 6.57. The van der Waals surface area contributed by atoms with Gasteiger partial charge in [0.05, 0.1) is 19.2 Å². The fraction of sp³-hybridized carbons (Fsp3) is 0.433. The molecule has 1 heterocycles. The van der Waals surface area contributed by atoms with E-state index in [2.05, 4.69) is 16.0 Å². The standard InChI is InChI=1S/C30H38N4O8/c1-6-21(32-28(38)41-18-19-13-9-7-10-14-19)26(36)34-17-22(31-25(35)20-15-11-8-12-16-20)23(24(34)27(37)40-5)33-29(39)42-30(2,3)4/h7-16,21-24H,6,17-18H2,1-5H3,(H,31,35)(H,32,38)(H,33,39)/t21-,22+,23+,24-/m0/s1. The number of hydrogen-bond acceptors (Lipinski definition) is 8. The van der Waals surface area contributed by atoms with Crippen molar-refractivity contribution in [2.24, 2.45) is 0 Å². The number of rotatable bonds is 9. The number of benzene rings is 2. The van der Waals surface area contributed by atoms with Crippen molar-refractivity contribution in [3.63, 3.8) is 0 Å². The highest BCUT2D eigenvalue weighted by Crippen LogP contribution is 2.23. The Bertz CT molecular complexity index is 1250. The van der Waals surface area contributed by atoms with Gasteiger partial charge in [-0.25, -0.2) is 14.4 Å². The number of amides is 4. The lowest BCUT2D eigenvalue weighted by atomic mass is 10.0. The maximum Gasteiger partial charge on any atom is 0.408 e. The monoisotopic (exact) mass is 582 g/mol. The van der Waals surface area contributed by atoms with E-state index in [9.17, 15) is 24.0 Å². The van der Waals surface area contributed by atoms with Crippen molar-refractivity contribution in [2.75, 3.05) is 13.7 Å². The quantitative estimate of drug-likeness (QED) is 0.302. The van der Waals surface area contributed by atoms with E-state index < -0.39 is 59.7 Å². The average molecular weight is 583 g/mol. The van der Waals surface area contributed by atoms with Crippen LogP contribution in [0, 0.1) is 0 Å². The van der Waals surface area contributed by atoms with Gasteiger partial charge in [-0.15, -0.1) is 0 Å². The van der Waals surface area contributed by atoms with E-state index >= 15 is 0 Å². The van der Waals surface area contributed by atoms with Crippen molar-refractivity contribution in [3.8, 4) is 0 Å². The molecule has 0 unspecified atom stereocenters. The van der Waals surface area contributed by atoms with E-state index in [-0.39, 0.29) is 19.6 Å². The Balaban J connectivity index is 1.84. The second kappa shape index (κ2) is 14.3. The predicted molar refractivity (Wildman–Crippen MR) is 152 cm³/mol. The normalized spacial score (nSPS) is 18.8. The highest BCUT2D eigenvalue weighted by Gasteiger charge is 2.51. The molecule has 0 aromatic heterocycles. The summed E-state index contributed by atoms with van der Waals surface area (Å²) in [6, 6.07) is 13.0. The molecule has 12 nitrogen and oxygen atoms in total. The van der Waals surface area contributed by atoms with E-state index in [1.165, 1.54) is 4.90 Å². The van der Waals surface area contributed by atoms with E-state index in [0.29, 0.717) is 5.56 Å². The lowest BCUT2D eigenvalue weighted by Crippen LogP contribution is -2.58. The molecule has 2 aromatic rings. The van der Waals surface area contributed by atoms with Gasteiger partial charge < -0.3 is 35.1 Å². The van der Waals surface area contributed by atoms with Crippen LogP contribution in [0.5, 0.6) is 0 Å². The number of esters is 1. The molecule has 0 bridgehead atoms. The van der Waals surface area contributed by atoms with Crippen LogP contribution in [-0.2, 0) is 30.4 Å². The first-order chi connectivity index (χ1) is 19.9. The minimum Gasteiger partial charge on any atom is -0.467 e. The number of hydrogen-bond donors (Lipinski definition) is 3. The topological polar surface area (TPSA) is 152 Å². The maximum atomic E-state index is 13.8. The molecule has 0 radical (unpaired) electrons. The molecule has 3 N–H and O–H groups in total. The van der Waals surface area contributed by atoms with Gasteiger partial charge in [0.25, 0.3) is 5.91 Å². The number of methoxy groups -OCH3 is 1. The van der Waals surface area contributed by atoms with Crippen molar-refractivity contribution in [3.05, 3.63) is 71.8 Å². The summed E-state index contributed by atoms with van der Waals surface area (Å²) in [5.41, 5.74) is 0.270. The Labute approximate surface area is 245 Å². The molecule has 12 heteroatoms. The van der Waals surface area contributed by atoms with Crippen LogP contribution in [0.4, 0.5) is 9.59 Å². The average Bonchev–Trinajstić information content (AvgIpc) is 3.31. The van der Waals surface area contributed by atoms with Crippen LogP contribution < -0.4 is 16.0 Å². The largest absolute Gasteiger partial charge is 0.467 e. The second-order valence-corrected chi connectivity index (χ2v) is 10.7. The summed E-state index contributed by atoms with van der Waals surface area (Å²) < 4.78 is 15.7. The van der Waals surface area contributed by atoms with E-state index in [0.717, 1.165) is 12.7 Å². The smallest absolute Gasteiger partial charge is 0.408 e. The molecule has 0 spiro atoms. The van der Waals surface area contributed by atoms with Gasteiger partial charge in [-0.2, -0.15) is 0 Å². The van der Waals surface area contributed by atoms with Crippen LogP contribution in [0.3, 0.4) is 0 Å². The molecule has 4 atom stereocenters. The molecular formula is C30H38N4O8. The number of likely N-dealkylation sites (tertiary alicyclic amines) is 1. The molecule has 4 amide bonds. The second-order valence-electron chi connectivity index (χ2n) is 10.7. The molecule has 2 aromatic carbocycles. The third-order valence-electron chi connectivity index (χ3n) is 6.48. The third kappa shape index (κ3) is 8.69. The molecule has 0 aliphatic carbocycles. The fourth-order valence-corrected chi connectivity index (χ4v) is 4.52. The zero-order chi connectivity index (χ0) is 30.9. The summed E-state index contributed by atoms with van der Waals surface area (Å²) in [7, 11) is 1.15. The summed E-state index contributed by atoms with van der Waals surface area (Å²) in [4.78, 5) is 66.4. The molecule has 226 valence electrons. The van der Waals surface area contributed by atoms with Gasteiger partial charge in [0.1, 0.15) is 18.2 Å². The SMILES string of the molecule is CC[C@H](NC(=O)OCc1ccccc1)C(=O)N1C[C@@H](NC(=O)c2ccccc2)[C@@H](NC(=O)OC(C)(C)C)[C@H]1C(=O)OC. The number of carbonyl (C=O) groups is 5. The van der Waals surface area contributed by atoms with Crippen LogP contribution in [-0.4, -0.2) is 78.3 Å². The van der Waals surface area contributed by atoms with E-state index in [1.807, 2.05) is 18.2 Å². The Hall–Kier alpha value is -4.61. The molecule has 0 saturated carbocycles. The van der Waals surface area contributed by atoms with Gasteiger partial charge in [-0.1, -0.05) is 55.5 Å². The maximum absolute atomic E-state index is 13.8. The summed E-state index contributed by atoms with van der Waals surface area (Å²) in [6.07, 6.45) is -1.48. The van der Waals surface area contributed by atoms with Crippen LogP contribution in [0.1, 0.15) is 50.0 Å². The molecule has 3 rings (SSSR count). The van der Waals surface area contributed by atoms with Crippen LogP contribution in [0.2, 0.25) is 0 Å². The van der Waals surface area contributed by atoms with Crippen LogP contribution >= 0.6 is 0 Å². The molecular weight excluding hydrogens is 544 g/mol. The predicted octanol–water partition coefficient (Wildman–Crippen LogP) is 2.77. The Morgan fingerprint density at radius 1 is 0.929 bits per heavy atom. The van der Waals surface area contributed by atoms with Gasteiger partial charge >= 0.3 is 18.2 Å². The minimum absolute atomic E-state index is 0.00126. The number of nitrogens with one attached hydrogen (secondary N) is 3. The van der Waals surface area contributed by atoms with Gasteiger partial charge in [-0.05, 0) is 44.9 Å². The van der Waals surface area contributed by atoms with Crippen molar-refractivity contribution >= 4 is 30.0 Å². The van der Waals surface area contributed by atoms with Crippen molar-refractivity contribution in [1.29, 1.82) is 0 Å². The number of alkyl carbamates (subject to hydrolysis) is 2. The van der Waals surface area contributed by atoms with Crippen LogP contribution in [0.25, 0.3) is 0 Å². The minimum atomic E-state index is -1.33. The molecule has 1 fully saturated rings. The summed E-state index contributed by atoms with van der Waals surface area (Å²) in [5.74, 6) is -1.90. The zero-order valence-corrected chi connectivity index (χ0v) is 24.4. The number of carbonyl (C=O) groups excluding carboxylic acids is 5. The lowest BCUT2D eigenvalue weighted by Gasteiger charge is -2.30. The zero-order valence-electron chi connectivity index (χ0n) is 24.4. The number of nitrogens with zero attached hydrogens (tertiary/aromatic N) is 1. The Kier molecular flexibility index (Phi) is 10.9. The molecule has 1 aliphatic heterocycles. The summed E-state index contributed by atoms with van der Waals surface area (Å²) in [5, 5.41) is 8.02. The van der Waals surface area contributed by atoms with Crippen molar-refractivity contribution in [2.45, 2.75) is 70.5 Å². The fourth-order valence-electron chi connectivity index (χ4n) is 4.52. The van der Waals surface area contributed by atoms with Gasteiger partial charge in [0.15, 0.2) is 6.04 Å². The van der Waals surface area contributed by atoms with Gasteiger partial charge in [0, 0.05) is 12.1 Å². The highest BCUT2D eigenvalue weighted by atomic mass is 16.6. The van der Waals surface area contributed by atoms with Crippen molar-refractivity contribution in [1.82, 2.24) is 20.9 Å². The van der Waals surface area contributed by atoms with Crippen molar-refractivity contribution < 1.29 is 38.2 Å².